The van der Waals surface area contributed by atoms with Crippen molar-refractivity contribution in [2.75, 3.05) is 5.75 Å². The molecular weight excluding hydrogens is 400 g/mol. The van der Waals surface area contributed by atoms with Crippen molar-refractivity contribution in [1.29, 1.82) is 0 Å². The Morgan fingerprint density at radius 2 is 1.83 bits per heavy atom. The lowest BCUT2D eigenvalue weighted by Crippen LogP contribution is -2.28. The van der Waals surface area contributed by atoms with E-state index in [-0.39, 0.29) is 24.2 Å². The molecule has 1 unspecified atom stereocenters. The summed E-state index contributed by atoms with van der Waals surface area (Å²) in [5.41, 5.74) is 3.75. The second kappa shape index (κ2) is 10.4. The van der Waals surface area contributed by atoms with E-state index >= 15 is 0 Å². The Morgan fingerprint density at radius 3 is 2.52 bits per heavy atom. The standard InChI is InChI=1S/C23H24N2O2S2/c1-3-17-9-11-19(12-10-17)21(26)15-29-23-25-20(14-28-23)13-22(27)24-16(2)18-7-5-4-6-8-18/h4-12,14,16H,3,13,15H2,1-2H3,(H,24,27). The first-order valence-corrected chi connectivity index (χ1v) is 11.5. The van der Waals surface area contributed by atoms with Crippen LogP contribution in [-0.4, -0.2) is 22.4 Å². The summed E-state index contributed by atoms with van der Waals surface area (Å²) in [6, 6.07) is 17.6. The number of aromatic nitrogens is 1. The number of amides is 1. The summed E-state index contributed by atoms with van der Waals surface area (Å²) in [5, 5.41) is 4.88. The summed E-state index contributed by atoms with van der Waals surface area (Å²) in [6.45, 7) is 4.06. The lowest BCUT2D eigenvalue weighted by Gasteiger charge is -2.13. The third-order valence-electron chi connectivity index (χ3n) is 4.56. The first-order valence-electron chi connectivity index (χ1n) is 9.58. The van der Waals surface area contributed by atoms with Crippen molar-refractivity contribution in [3.8, 4) is 0 Å². The van der Waals surface area contributed by atoms with Crippen molar-refractivity contribution >= 4 is 34.8 Å². The van der Waals surface area contributed by atoms with Crippen LogP contribution in [0.15, 0.2) is 64.3 Å². The Kier molecular flexibility index (Phi) is 7.61. The predicted molar refractivity (Wildman–Crippen MR) is 120 cm³/mol. The number of thioether (sulfide) groups is 1. The summed E-state index contributed by atoms with van der Waals surface area (Å²) in [7, 11) is 0. The van der Waals surface area contributed by atoms with E-state index in [1.54, 1.807) is 0 Å². The minimum atomic E-state index is -0.0599. The molecule has 1 N–H and O–H groups in total. The van der Waals surface area contributed by atoms with Gasteiger partial charge in [0.25, 0.3) is 0 Å². The summed E-state index contributed by atoms with van der Waals surface area (Å²) in [5.74, 6) is 0.370. The first kappa shape index (κ1) is 21.3. The van der Waals surface area contributed by atoms with Gasteiger partial charge in [0, 0.05) is 10.9 Å². The molecule has 0 saturated carbocycles. The number of carbonyl (C=O) groups is 2. The van der Waals surface area contributed by atoms with E-state index in [2.05, 4.69) is 17.2 Å². The van der Waals surface area contributed by atoms with Crippen LogP contribution in [0, 0.1) is 0 Å². The van der Waals surface area contributed by atoms with E-state index in [1.165, 1.54) is 28.7 Å². The quantitative estimate of drug-likeness (QED) is 0.383. The van der Waals surface area contributed by atoms with Crippen molar-refractivity contribution in [2.45, 2.75) is 37.1 Å². The number of carbonyl (C=O) groups excluding carboxylic acids is 2. The highest BCUT2D eigenvalue weighted by molar-refractivity contribution is 8.01. The zero-order valence-electron chi connectivity index (χ0n) is 16.6. The number of hydrogen-bond donors (Lipinski definition) is 1. The molecule has 150 valence electrons. The second-order valence-corrected chi connectivity index (χ2v) is 8.82. The largest absolute Gasteiger partial charge is 0.349 e. The highest BCUT2D eigenvalue weighted by Crippen LogP contribution is 2.24. The van der Waals surface area contributed by atoms with Crippen molar-refractivity contribution in [1.82, 2.24) is 10.3 Å². The van der Waals surface area contributed by atoms with Gasteiger partial charge >= 0.3 is 0 Å². The zero-order valence-corrected chi connectivity index (χ0v) is 18.2. The fraction of sp³-hybridized carbons (Fsp3) is 0.261. The van der Waals surface area contributed by atoms with Crippen LogP contribution in [0.3, 0.4) is 0 Å². The highest BCUT2D eigenvalue weighted by atomic mass is 32.2. The Labute approximate surface area is 179 Å². The molecule has 1 aromatic heterocycles. The fourth-order valence-electron chi connectivity index (χ4n) is 2.85. The van der Waals surface area contributed by atoms with Crippen molar-refractivity contribution in [3.63, 3.8) is 0 Å². The van der Waals surface area contributed by atoms with Gasteiger partial charge in [-0.05, 0) is 24.5 Å². The normalized spacial score (nSPS) is 11.8. The van der Waals surface area contributed by atoms with Gasteiger partial charge in [0.15, 0.2) is 10.1 Å². The van der Waals surface area contributed by atoms with Gasteiger partial charge in [-0.15, -0.1) is 11.3 Å². The first-order chi connectivity index (χ1) is 14.0. The summed E-state index contributed by atoms with van der Waals surface area (Å²) in [6.07, 6.45) is 1.20. The maximum absolute atomic E-state index is 12.4. The minimum Gasteiger partial charge on any atom is -0.349 e. The molecular formula is C23H24N2O2S2. The number of benzene rings is 2. The number of thiazole rings is 1. The van der Waals surface area contributed by atoms with Crippen LogP contribution < -0.4 is 5.32 Å². The summed E-state index contributed by atoms with van der Waals surface area (Å²) >= 11 is 2.89. The van der Waals surface area contributed by atoms with Crippen LogP contribution in [0.5, 0.6) is 0 Å². The maximum atomic E-state index is 12.4. The average Bonchev–Trinajstić information content (AvgIpc) is 3.19. The molecule has 1 atom stereocenters. The SMILES string of the molecule is CCc1ccc(C(=O)CSc2nc(CC(=O)NC(C)c3ccccc3)cs2)cc1. The van der Waals surface area contributed by atoms with Crippen molar-refractivity contribution in [3.05, 3.63) is 82.4 Å². The number of Topliss-reactive ketones (excluding diaryl/α,β-unsaturated/α-hetero) is 1. The molecule has 0 aliphatic heterocycles. The molecule has 0 fully saturated rings. The van der Waals surface area contributed by atoms with E-state index in [0.717, 1.165) is 27.6 Å². The predicted octanol–water partition coefficient (Wildman–Crippen LogP) is 5.10. The Bertz CT molecular complexity index is 953. The molecule has 0 aliphatic rings. The van der Waals surface area contributed by atoms with E-state index < -0.39 is 0 Å². The van der Waals surface area contributed by atoms with Crippen molar-refractivity contribution in [2.24, 2.45) is 0 Å². The van der Waals surface area contributed by atoms with Gasteiger partial charge in [-0.1, -0.05) is 73.3 Å². The van der Waals surface area contributed by atoms with Gasteiger partial charge in [0.05, 0.1) is 23.9 Å². The molecule has 1 amide bonds. The van der Waals surface area contributed by atoms with Gasteiger partial charge in [0.1, 0.15) is 0 Å². The maximum Gasteiger partial charge on any atom is 0.226 e. The molecule has 0 saturated heterocycles. The lowest BCUT2D eigenvalue weighted by atomic mass is 10.1. The molecule has 0 aliphatic carbocycles. The smallest absolute Gasteiger partial charge is 0.226 e. The number of rotatable bonds is 9. The third-order valence-corrected chi connectivity index (χ3v) is 6.63. The molecule has 4 nitrogen and oxygen atoms in total. The van der Waals surface area contributed by atoms with Gasteiger partial charge in [-0.25, -0.2) is 4.98 Å². The van der Waals surface area contributed by atoms with E-state index in [4.69, 9.17) is 0 Å². The summed E-state index contributed by atoms with van der Waals surface area (Å²) < 4.78 is 0.808. The molecule has 0 spiro atoms. The Hall–Kier alpha value is -2.44. The molecule has 6 heteroatoms. The lowest BCUT2D eigenvalue weighted by molar-refractivity contribution is -0.121. The average molecular weight is 425 g/mol. The van der Waals surface area contributed by atoms with Gasteiger partial charge < -0.3 is 5.32 Å². The monoisotopic (exact) mass is 424 g/mol. The van der Waals surface area contributed by atoms with Crippen LogP contribution >= 0.6 is 23.1 Å². The van der Waals surface area contributed by atoms with Gasteiger partial charge in [-0.2, -0.15) is 0 Å². The fourth-order valence-corrected chi connectivity index (χ4v) is 4.59. The molecule has 2 aromatic carbocycles. The van der Waals surface area contributed by atoms with Crippen molar-refractivity contribution < 1.29 is 9.59 Å². The second-order valence-electron chi connectivity index (χ2n) is 6.74. The van der Waals surface area contributed by atoms with E-state index in [9.17, 15) is 9.59 Å². The van der Waals surface area contributed by atoms with E-state index in [1.807, 2.05) is 66.9 Å². The van der Waals surface area contributed by atoms with Crippen LogP contribution in [0.2, 0.25) is 0 Å². The number of aryl methyl sites for hydroxylation is 1. The van der Waals surface area contributed by atoms with Crippen LogP contribution in [0.1, 0.15) is 47.1 Å². The molecule has 3 rings (SSSR count). The minimum absolute atomic E-state index is 0.0482. The molecule has 3 aromatic rings. The number of hydrogen-bond acceptors (Lipinski definition) is 5. The van der Waals surface area contributed by atoms with Gasteiger partial charge in [-0.3, -0.25) is 9.59 Å². The van der Waals surface area contributed by atoms with E-state index in [0.29, 0.717) is 5.75 Å². The van der Waals surface area contributed by atoms with Crippen LogP contribution in [0.4, 0.5) is 0 Å². The van der Waals surface area contributed by atoms with Gasteiger partial charge in [0.2, 0.25) is 5.91 Å². The molecule has 0 radical (unpaired) electrons. The molecule has 29 heavy (non-hydrogen) atoms. The van der Waals surface area contributed by atoms with Crippen LogP contribution in [-0.2, 0) is 17.6 Å². The summed E-state index contributed by atoms with van der Waals surface area (Å²) in [4.78, 5) is 29.1. The Morgan fingerprint density at radius 1 is 1.10 bits per heavy atom. The molecule has 0 bridgehead atoms. The Balaban J connectivity index is 1.48. The third kappa shape index (κ3) is 6.27. The topological polar surface area (TPSA) is 59.1 Å². The zero-order chi connectivity index (χ0) is 20.6. The highest BCUT2D eigenvalue weighted by Gasteiger charge is 2.13. The van der Waals surface area contributed by atoms with Crippen LogP contribution in [0.25, 0.3) is 0 Å². The number of nitrogens with one attached hydrogen (secondary N) is 1. The number of ketones is 1. The number of nitrogens with zero attached hydrogens (tertiary/aromatic N) is 1. The molecule has 1 heterocycles.